The fraction of sp³-hybridized carbons (Fsp3) is 0.160. The molecule has 0 spiro atoms. The predicted molar refractivity (Wildman–Crippen MR) is 128 cm³/mol. The number of benzene rings is 3. The van der Waals surface area contributed by atoms with Gasteiger partial charge in [-0.1, -0.05) is 84.1 Å². The van der Waals surface area contributed by atoms with Gasteiger partial charge in [0.05, 0.1) is 6.04 Å². The monoisotopic (exact) mass is 441 g/mol. The molecule has 7 heteroatoms. The Hall–Kier alpha value is -3.58. The molecule has 2 N–H and O–H groups in total. The van der Waals surface area contributed by atoms with Crippen LogP contribution in [0.4, 0.5) is 5.69 Å². The van der Waals surface area contributed by atoms with Crippen molar-refractivity contribution >= 4 is 23.4 Å². The Morgan fingerprint density at radius 2 is 1.72 bits per heavy atom. The molecule has 4 aromatic rings. The first-order valence-corrected chi connectivity index (χ1v) is 11.3. The molecule has 1 aliphatic rings. The first-order chi connectivity index (χ1) is 15.6. The summed E-state index contributed by atoms with van der Waals surface area (Å²) in [6, 6.07) is 25.8. The van der Waals surface area contributed by atoms with Crippen LogP contribution in [0.2, 0.25) is 0 Å². The van der Waals surface area contributed by atoms with Crippen LogP contribution in [0.25, 0.3) is 11.4 Å². The van der Waals surface area contributed by atoms with Crippen LogP contribution < -0.4 is 10.7 Å². The van der Waals surface area contributed by atoms with Crippen LogP contribution >= 0.6 is 11.8 Å². The lowest BCUT2D eigenvalue weighted by Gasteiger charge is -2.33. The molecule has 1 aliphatic heterocycles. The average molecular weight is 442 g/mol. The molecule has 3 aromatic carbocycles. The van der Waals surface area contributed by atoms with Crippen molar-refractivity contribution in [2.24, 2.45) is 0 Å². The molecule has 0 bridgehead atoms. The summed E-state index contributed by atoms with van der Waals surface area (Å²) in [6.45, 7) is 4.06. The Morgan fingerprint density at radius 3 is 2.47 bits per heavy atom. The van der Waals surface area contributed by atoms with Gasteiger partial charge in [0.1, 0.15) is 5.25 Å². The number of hydrogen-bond acceptors (Lipinski definition) is 5. The fourth-order valence-corrected chi connectivity index (χ4v) is 4.87. The molecular weight excluding hydrogens is 418 g/mol. The van der Waals surface area contributed by atoms with E-state index in [2.05, 4.69) is 52.1 Å². The van der Waals surface area contributed by atoms with Gasteiger partial charge in [-0.2, -0.15) is 0 Å². The average Bonchev–Trinajstić information content (AvgIpc) is 3.22. The molecule has 2 atom stereocenters. The summed E-state index contributed by atoms with van der Waals surface area (Å²) in [4.78, 5) is 13.4. The molecule has 1 amide bonds. The maximum Gasteiger partial charge on any atom is 0.240 e. The van der Waals surface area contributed by atoms with Gasteiger partial charge in [-0.3, -0.25) is 4.79 Å². The SMILES string of the molecule is Cc1ccc([C@@H]2Nn3c(nnc3-c3ccccc3)S[C@@H]2C(=O)Nc2cccc(C)c2)cc1. The minimum absolute atomic E-state index is 0.0748. The van der Waals surface area contributed by atoms with Crippen molar-refractivity contribution in [2.45, 2.75) is 30.3 Å². The molecule has 6 nitrogen and oxygen atoms in total. The number of nitrogens with zero attached hydrogens (tertiary/aromatic N) is 3. The van der Waals surface area contributed by atoms with Gasteiger partial charge in [0.2, 0.25) is 11.1 Å². The molecule has 0 radical (unpaired) electrons. The van der Waals surface area contributed by atoms with Crippen molar-refractivity contribution in [1.82, 2.24) is 14.9 Å². The van der Waals surface area contributed by atoms with Gasteiger partial charge in [-0.05, 0) is 37.1 Å². The van der Waals surface area contributed by atoms with Gasteiger partial charge >= 0.3 is 0 Å². The van der Waals surface area contributed by atoms with E-state index in [4.69, 9.17) is 0 Å². The molecule has 0 fully saturated rings. The van der Waals surface area contributed by atoms with Crippen molar-refractivity contribution in [2.75, 3.05) is 10.7 Å². The molecule has 32 heavy (non-hydrogen) atoms. The number of rotatable bonds is 4. The summed E-state index contributed by atoms with van der Waals surface area (Å²) in [5, 5.41) is 12.1. The molecule has 0 aliphatic carbocycles. The van der Waals surface area contributed by atoms with E-state index in [-0.39, 0.29) is 11.9 Å². The zero-order valence-corrected chi connectivity index (χ0v) is 18.6. The van der Waals surface area contributed by atoms with Gasteiger partial charge < -0.3 is 10.7 Å². The van der Waals surface area contributed by atoms with E-state index < -0.39 is 5.25 Å². The number of nitrogens with one attached hydrogen (secondary N) is 2. The van der Waals surface area contributed by atoms with Crippen molar-refractivity contribution < 1.29 is 4.79 Å². The lowest BCUT2D eigenvalue weighted by atomic mass is 10.0. The number of amides is 1. The minimum atomic E-state index is -0.418. The quantitative estimate of drug-likeness (QED) is 0.468. The number of fused-ring (bicyclic) bond motifs is 1. The van der Waals surface area contributed by atoms with E-state index in [0.29, 0.717) is 5.16 Å². The van der Waals surface area contributed by atoms with Crippen LogP contribution in [0.5, 0.6) is 0 Å². The summed E-state index contributed by atoms with van der Waals surface area (Å²) in [5.74, 6) is 0.650. The molecule has 0 saturated carbocycles. The molecule has 1 aromatic heterocycles. The molecular formula is C25H23N5OS. The highest BCUT2D eigenvalue weighted by atomic mass is 32.2. The van der Waals surface area contributed by atoms with Gasteiger partial charge in [-0.25, -0.2) is 4.68 Å². The topological polar surface area (TPSA) is 71.8 Å². The summed E-state index contributed by atoms with van der Waals surface area (Å²) < 4.78 is 1.89. The second-order valence-corrected chi connectivity index (χ2v) is 9.03. The van der Waals surface area contributed by atoms with Crippen molar-refractivity contribution in [3.05, 3.63) is 95.6 Å². The van der Waals surface area contributed by atoms with Crippen LogP contribution in [0.1, 0.15) is 22.7 Å². The number of hydrogen-bond donors (Lipinski definition) is 2. The van der Waals surface area contributed by atoms with Crippen LogP contribution in [0.15, 0.2) is 84.0 Å². The van der Waals surface area contributed by atoms with E-state index in [1.807, 2.05) is 66.2 Å². The Bertz CT molecular complexity index is 1250. The van der Waals surface area contributed by atoms with E-state index in [1.54, 1.807) is 0 Å². The fourth-order valence-electron chi connectivity index (χ4n) is 3.79. The Morgan fingerprint density at radius 1 is 0.938 bits per heavy atom. The normalized spacial score (nSPS) is 17.3. The number of aryl methyl sites for hydroxylation is 2. The van der Waals surface area contributed by atoms with E-state index in [9.17, 15) is 4.79 Å². The minimum Gasteiger partial charge on any atom is -0.325 e. The molecule has 5 rings (SSSR count). The second-order valence-electron chi connectivity index (χ2n) is 7.92. The highest BCUT2D eigenvalue weighted by molar-refractivity contribution is 8.00. The Balaban J connectivity index is 1.51. The number of aromatic nitrogens is 3. The Kier molecular flexibility index (Phi) is 5.41. The van der Waals surface area contributed by atoms with Gasteiger partial charge in [0.15, 0.2) is 5.82 Å². The summed E-state index contributed by atoms with van der Waals surface area (Å²) in [7, 11) is 0. The largest absolute Gasteiger partial charge is 0.325 e. The lowest BCUT2D eigenvalue weighted by molar-refractivity contribution is -0.116. The number of thioether (sulfide) groups is 1. The predicted octanol–water partition coefficient (Wildman–Crippen LogP) is 4.96. The van der Waals surface area contributed by atoms with E-state index in [0.717, 1.165) is 28.2 Å². The third-order valence-electron chi connectivity index (χ3n) is 5.45. The van der Waals surface area contributed by atoms with Gasteiger partial charge in [0.25, 0.3) is 0 Å². The molecule has 0 saturated heterocycles. The van der Waals surface area contributed by atoms with Gasteiger partial charge in [-0.15, -0.1) is 10.2 Å². The van der Waals surface area contributed by atoms with Crippen molar-refractivity contribution in [3.63, 3.8) is 0 Å². The first kappa shape index (κ1) is 20.3. The van der Waals surface area contributed by atoms with E-state index >= 15 is 0 Å². The highest BCUT2D eigenvalue weighted by Crippen LogP contribution is 2.39. The lowest BCUT2D eigenvalue weighted by Crippen LogP contribution is -2.41. The Labute approximate surface area is 191 Å². The van der Waals surface area contributed by atoms with Crippen LogP contribution in [0.3, 0.4) is 0 Å². The molecule has 0 unspecified atom stereocenters. The summed E-state index contributed by atoms with van der Waals surface area (Å²) in [5.41, 5.74) is 8.57. The standard InChI is InChI=1S/C25H23N5OS/c1-16-11-13-18(14-12-16)21-22(24(31)26-20-10-6-7-17(2)15-20)32-25-28-27-23(30(25)29-21)19-8-4-3-5-9-19/h3-15,21-22,29H,1-2H3,(H,26,31)/t21-,22-/m0/s1. The second kappa shape index (κ2) is 8.51. The third kappa shape index (κ3) is 3.99. The number of carbonyl (C=O) groups excluding carboxylic acids is 1. The molecule has 2 heterocycles. The van der Waals surface area contributed by atoms with Crippen LogP contribution in [-0.4, -0.2) is 26.0 Å². The summed E-state index contributed by atoms with van der Waals surface area (Å²) in [6.07, 6.45) is 0. The maximum atomic E-state index is 13.4. The maximum absolute atomic E-state index is 13.4. The number of anilines is 1. The van der Waals surface area contributed by atoms with E-state index in [1.165, 1.54) is 17.3 Å². The number of carbonyl (C=O) groups is 1. The van der Waals surface area contributed by atoms with Crippen LogP contribution in [0, 0.1) is 13.8 Å². The highest BCUT2D eigenvalue weighted by Gasteiger charge is 2.38. The van der Waals surface area contributed by atoms with Crippen LogP contribution in [-0.2, 0) is 4.79 Å². The van der Waals surface area contributed by atoms with Gasteiger partial charge in [0, 0.05) is 11.3 Å². The third-order valence-corrected chi connectivity index (χ3v) is 6.66. The van der Waals surface area contributed by atoms with Crippen molar-refractivity contribution in [1.29, 1.82) is 0 Å². The molecule has 160 valence electrons. The zero-order valence-electron chi connectivity index (χ0n) is 17.8. The zero-order chi connectivity index (χ0) is 22.1. The smallest absolute Gasteiger partial charge is 0.240 e. The first-order valence-electron chi connectivity index (χ1n) is 10.5. The van der Waals surface area contributed by atoms with Crippen molar-refractivity contribution in [3.8, 4) is 11.4 Å². The summed E-state index contributed by atoms with van der Waals surface area (Å²) >= 11 is 1.43.